The summed E-state index contributed by atoms with van der Waals surface area (Å²) in [5, 5.41) is 26.1. The molecule has 7 aliphatic rings. The summed E-state index contributed by atoms with van der Waals surface area (Å²) in [7, 11) is -4.67. The number of nitrogens with zero attached hydrogens (tertiary/aromatic N) is 5. The van der Waals surface area contributed by atoms with E-state index in [0.29, 0.717) is 55.7 Å². The summed E-state index contributed by atoms with van der Waals surface area (Å²) in [5.74, 6) is -0.599. The lowest BCUT2D eigenvalue weighted by molar-refractivity contribution is -0.384. The first-order chi connectivity index (χ1) is 35.1. The number of ether oxygens (including phenoxy) is 3. The van der Waals surface area contributed by atoms with Crippen molar-refractivity contribution in [3.63, 3.8) is 0 Å². The van der Waals surface area contributed by atoms with Crippen molar-refractivity contribution in [3.8, 4) is 5.88 Å². The van der Waals surface area contributed by atoms with Crippen molar-refractivity contribution in [2.24, 2.45) is 11.3 Å². The summed E-state index contributed by atoms with van der Waals surface area (Å²) in [6.07, 6.45) is 9.21. The molecule has 12 rings (SSSR count). The molecule has 1 amide bonds. The summed E-state index contributed by atoms with van der Waals surface area (Å²) < 4.78 is 64.5. The van der Waals surface area contributed by atoms with E-state index in [-0.39, 0.29) is 51.6 Å². The number of aromatic nitrogens is 2. The van der Waals surface area contributed by atoms with Gasteiger partial charge in [-0.25, -0.2) is 17.5 Å². The highest BCUT2D eigenvalue weighted by Gasteiger charge is 2.56. The molecule has 2 spiro atoms. The van der Waals surface area contributed by atoms with Crippen molar-refractivity contribution >= 4 is 55.4 Å². The zero-order valence-corrected chi connectivity index (χ0v) is 42.1. The van der Waals surface area contributed by atoms with E-state index in [1.54, 1.807) is 12.1 Å². The fourth-order valence-electron chi connectivity index (χ4n) is 13.6. The van der Waals surface area contributed by atoms with Crippen molar-refractivity contribution in [2.45, 2.75) is 118 Å². The van der Waals surface area contributed by atoms with Gasteiger partial charge >= 0.3 is 0 Å². The topological polar surface area (TPSA) is 205 Å². The Hall–Kier alpha value is -5.86. The van der Waals surface area contributed by atoms with Crippen LogP contribution < -0.4 is 24.6 Å². The van der Waals surface area contributed by atoms with Gasteiger partial charge in [0.25, 0.3) is 21.6 Å². The smallest absolute Gasteiger partial charge is 0.293 e. The molecule has 5 fully saturated rings. The first kappa shape index (κ1) is 48.1. The van der Waals surface area contributed by atoms with E-state index in [9.17, 15) is 28.4 Å². The summed E-state index contributed by atoms with van der Waals surface area (Å²) in [6.45, 7) is 9.12. The fourth-order valence-corrected chi connectivity index (χ4v) is 14.6. The highest BCUT2D eigenvalue weighted by Crippen LogP contribution is 2.57. The van der Waals surface area contributed by atoms with E-state index in [2.05, 4.69) is 61.0 Å². The lowest BCUT2D eigenvalue weighted by Gasteiger charge is -2.60. The van der Waals surface area contributed by atoms with Gasteiger partial charge in [0.15, 0.2) is 0 Å². The molecule has 0 radical (unpaired) electrons. The van der Waals surface area contributed by atoms with Gasteiger partial charge in [0.1, 0.15) is 28.9 Å². The van der Waals surface area contributed by atoms with Crippen molar-refractivity contribution in [1.29, 1.82) is 0 Å². The lowest BCUT2D eigenvalue weighted by atomic mass is 9.59. The Balaban J connectivity index is 0.829. The molecule has 2 saturated carbocycles. The number of nitro benzene ring substituents is 1. The molecule has 386 valence electrons. The van der Waals surface area contributed by atoms with Crippen molar-refractivity contribution in [1.82, 2.24) is 19.6 Å². The molecule has 3 aromatic carbocycles. The fraction of sp³-hybridized carbons (Fsp3) is 0.519. The molecule has 4 atom stereocenters. The standard InChI is InChI=1S/C54H63FN8O9S/c1-33-26-54(41-6-4-3-5-38(33)41)32-71-22-20-61(54)36-27-53(28-36)16-18-60(19-17-53)35-7-9-39(45(23-35)62-44-13-21-70-31-48(44)72-51-47(62)25-40-42(55)30-57-49(40)58-51)50(64)59-73(68,69)37-8-10-43(46(24-37)63(66)67)56-29-34-11-14-52(2,65)15-12-34/h3-10,23-25,30,33-34,36,44,48,56,65H,11-22,26-29,31-32H2,1-2H3,(H,57,58)(H,59,64)/t33-,34?,44-,48-,52?,54-/m0/s1. The Kier molecular flexibility index (Phi) is 12.0. The highest BCUT2D eigenvalue weighted by atomic mass is 32.2. The minimum atomic E-state index is -4.67. The number of nitro groups is 1. The van der Waals surface area contributed by atoms with Crippen LogP contribution in [0.15, 0.2) is 77.8 Å². The van der Waals surface area contributed by atoms with Gasteiger partial charge in [0, 0.05) is 56.8 Å². The molecule has 19 heteroatoms. The number of benzene rings is 3. The third-order valence-electron chi connectivity index (χ3n) is 17.6. The third kappa shape index (κ3) is 8.57. The molecule has 2 aromatic heterocycles. The van der Waals surface area contributed by atoms with Gasteiger partial charge in [0.05, 0.1) is 63.5 Å². The Morgan fingerprint density at radius 3 is 2.56 bits per heavy atom. The van der Waals surface area contributed by atoms with Crippen LogP contribution >= 0.6 is 0 Å². The zero-order valence-electron chi connectivity index (χ0n) is 41.3. The van der Waals surface area contributed by atoms with E-state index >= 15 is 4.39 Å². The van der Waals surface area contributed by atoms with E-state index in [1.807, 2.05) is 24.0 Å². The molecule has 4 aliphatic heterocycles. The lowest BCUT2D eigenvalue weighted by Crippen LogP contribution is -2.63. The van der Waals surface area contributed by atoms with Crippen molar-refractivity contribution < 1.29 is 41.8 Å². The van der Waals surface area contributed by atoms with Crippen molar-refractivity contribution in [2.75, 3.05) is 67.7 Å². The number of H-pyrrole nitrogens is 1. The quantitative estimate of drug-likeness (QED) is 0.0769. The number of pyridine rings is 1. The third-order valence-corrected chi connectivity index (χ3v) is 18.9. The monoisotopic (exact) mass is 1020 g/mol. The Morgan fingerprint density at radius 1 is 0.973 bits per heavy atom. The number of aliphatic hydroxyl groups is 1. The maximum Gasteiger partial charge on any atom is 0.293 e. The largest absolute Gasteiger partial charge is 0.468 e. The van der Waals surface area contributed by atoms with Gasteiger partial charge in [-0.3, -0.25) is 19.8 Å². The van der Waals surface area contributed by atoms with E-state index < -0.39 is 55.0 Å². The number of amides is 1. The number of morpholine rings is 1. The second-order valence-corrected chi connectivity index (χ2v) is 23.9. The molecule has 6 heterocycles. The first-order valence-electron chi connectivity index (χ1n) is 26.0. The zero-order chi connectivity index (χ0) is 50.4. The SMILES string of the molecule is C[C@H]1C[C@]2(COCCN2C2CC3(CCN(c4ccc(C(=O)NS(=O)(=O)c5ccc(NCC6CCC(C)(O)CC6)c([N+](=O)[O-])c5)c(N5c6cc7c(F)c[nH]c7nc6O[C@H]6COCC[C@@H]65)c4)CC3)C2)c2ccccc21. The highest BCUT2D eigenvalue weighted by molar-refractivity contribution is 7.90. The van der Waals surface area contributed by atoms with Crippen LogP contribution in [0.1, 0.15) is 105 Å². The van der Waals surface area contributed by atoms with Crippen LogP contribution in [0.4, 0.5) is 32.8 Å². The van der Waals surface area contributed by atoms with Crippen molar-refractivity contribution in [3.05, 3.63) is 106 Å². The molecular weight excluding hydrogens is 956 g/mol. The number of fused-ring (bicyclic) bond motifs is 5. The van der Waals surface area contributed by atoms with Crippen LogP contribution in [0.3, 0.4) is 0 Å². The molecule has 0 unspecified atom stereocenters. The molecular formula is C54H63FN8O9S. The maximum absolute atomic E-state index is 15.3. The number of piperidine rings is 1. The minimum absolute atomic E-state index is 0.0249. The van der Waals surface area contributed by atoms with Crippen LogP contribution in [0.2, 0.25) is 0 Å². The predicted molar refractivity (Wildman–Crippen MR) is 273 cm³/mol. The number of anilines is 4. The summed E-state index contributed by atoms with van der Waals surface area (Å²) in [6, 6.07) is 19.6. The normalized spacial score (nSPS) is 28.0. The molecule has 3 saturated heterocycles. The van der Waals surface area contributed by atoms with Gasteiger partial charge < -0.3 is 39.4 Å². The molecule has 4 N–H and O–H groups in total. The number of nitrogens with one attached hydrogen (secondary N) is 3. The van der Waals surface area contributed by atoms with Gasteiger partial charge in [0.2, 0.25) is 5.88 Å². The Morgan fingerprint density at radius 2 is 1.77 bits per heavy atom. The van der Waals surface area contributed by atoms with Gasteiger partial charge in [-0.15, -0.1) is 0 Å². The molecule has 3 aliphatic carbocycles. The summed E-state index contributed by atoms with van der Waals surface area (Å²) in [4.78, 5) is 40.6. The first-order valence-corrected chi connectivity index (χ1v) is 27.4. The second-order valence-electron chi connectivity index (χ2n) is 22.2. The number of sulfonamides is 1. The number of rotatable bonds is 10. The summed E-state index contributed by atoms with van der Waals surface area (Å²) >= 11 is 0. The number of halogens is 1. The number of aromatic amines is 1. The van der Waals surface area contributed by atoms with Crippen LogP contribution in [-0.4, -0.2) is 116 Å². The molecule has 73 heavy (non-hydrogen) atoms. The Labute approximate surface area is 424 Å². The second kappa shape index (κ2) is 18.2. The average Bonchev–Trinajstić information content (AvgIpc) is 3.88. The predicted octanol–water partition coefficient (Wildman–Crippen LogP) is 8.25. The number of carbonyl (C=O) groups excluding carboxylic acids is 1. The van der Waals surface area contributed by atoms with E-state index in [0.717, 1.165) is 89.5 Å². The van der Waals surface area contributed by atoms with Gasteiger partial charge in [-0.2, -0.15) is 4.98 Å². The molecule has 5 aromatic rings. The number of carbonyl (C=O) groups is 1. The van der Waals surface area contributed by atoms with E-state index in [4.69, 9.17) is 14.2 Å². The van der Waals surface area contributed by atoms with Crippen LogP contribution in [0.5, 0.6) is 5.88 Å². The van der Waals surface area contributed by atoms with Gasteiger partial charge in [-0.1, -0.05) is 31.2 Å². The summed E-state index contributed by atoms with van der Waals surface area (Å²) in [5.41, 5.74) is 3.90. The van der Waals surface area contributed by atoms with Crippen LogP contribution in [0, 0.1) is 27.3 Å². The maximum atomic E-state index is 15.3. The number of hydrogen-bond acceptors (Lipinski definition) is 14. The van der Waals surface area contributed by atoms with Crippen LogP contribution in [0.25, 0.3) is 11.0 Å². The molecule has 17 nitrogen and oxygen atoms in total. The minimum Gasteiger partial charge on any atom is -0.468 e. The number of hydrogen-bond donors (Lipinski definition) is 4. The Bertz CT molecular complexity index is 3090. The van der Waals surface area contributed by atoms with Crippen LogP contribution in [-0.2, 0) is 25.0 Å². The van der Waals surface area contributed by atoms with E-state index in [1.165, 1.54) is 29.5 Å². The van der Waals surface area contributed by atoms with Gasteiger partial charge in [-0.05, 0) is 136 Å². The average molecular weight is 1020 g/mol. The molecule has 0 bridgehead atoms.